The zero-order valence-corrected chi connectivity index (χ0v) is 12.1. The average molecular weight is 284 g/mol. The molecule has 2 rings (SSSR count). The van der Waals surface area contributed by atoms with Crippen LogP contribution in [0.25, 0.3) is 0 Å². The van der Waals surface area contributed by atoms with Crippen LogP contribution in [0.5, 0.6) is 0 Å². The van der Waals surface area contributed by atoms with Crippen LogP contribution in [-0.4, -0.2) is 10.8 Å². The molecule has 0 aromatic heterocycles. The molecule has 2 aromatic carbocycles. The quantitative estimate of drug-likeness (QED) is 0.688. The topological polar surface area (TPSA) is 72.2 Å². The van der Waals surface area contributed by atoms with Crippen molar-refractivity contribution in [3.8, 4) is 0 Å². The molecule has 0 spiro atoms. The summed E-state index contributed by atoms with van der Waals surface area (Å²) in [7, 11) is 0. The molecule has 0 radical (unpaired) electrons. The monoisotopic (exact) mass is 284 g/mol. The molecule has 0 aliphatic heterocycles. The highest BCUT2D eigenvalue weighted by atomic mass is 16.6. The molecule has 5 nitrogen and oxygen atoms in total. The summed E-state index contributed by atoms with van der Waals surface area (Å²) in [5, 5.41) is 13.5. The van der Waals surface area contributed by atoms with Gasteiger partial charge in [0.25, 0.3) is 11.6 Å². The third-order valence-corrected chi connectivity index (χ3v) is 3.45. The molecule has 0 atom stereocenters. The van der Waals surface area contributed by atoms with Gasteiger partial charge in [-0.05, 0) is 49.6 Å². The molecule has 5 heteroatoms. The summed E-state index contributed by atoms with van der Waals surface area (Å²) in [6.07, 6.45) is 0. The number of carbonyl (C=O) groups excluding carboxylic acids is 1. The number of carbonyl (C=O) groups is 1. The van der Waals surface area contributed by atoms with E-state index in [0.29, 0.717) is 11.3 Å². The number of rotatable bonds is 3. The van der Waals surface area contributed by atoms with Crippen molar-refractivity contribution in [2.24, 2.45) is 0 Å². The first-order valence-electron chi connectivity index (χ1n) is 6.52. The number of hydrogen-bond acceptors (Lipinski definition) is 3. The van der Waals surface area contributed by atoms with Gasteiger partial charge in [0.15, 0.2) is 0 Å². The molecule has 1 N–H and O–H groups in total. The molecule has 0 bridgehead atoms. The van der Waals surface area contributed by atoms with Crippen LogP contribution in [0, 0.1) is 30.9 Å². The maximum absolute atomic E-state index is 12.2. The van der Waals surface area contributed by atoms with Gasteiger partial charge in [-0.25, -0.2) is 0 Å². The molecule has 2 aromatic rings. The summed E-state index contributed by atoms with van der Waals surface area (Å²) < 4.78 is 0. The highest BCUT2D eigenvalue weighted by Gasteiger charge is 2.12. The van der Waals surface area contributed by atoms with Gasteiger partial charge in [0.05, 0.1) is 10.6 Å². The van der Waals surface area contributed by atoms with E-state index in [1.165, 1.54) is 12.1 Å². The number of nitro groups is 1. The normalized spacial score (nSPS) is 10.2. The fourth-order valence-corrected chi connectivity index (χ4v) is 1.94. The van der Waals surface area contributed by atoms with Gasteiger partial charge in [-0.1, -0.05) is 12.1 Å². The van der Waals surface area contributed by atoms with E-state index >= 15 is 0 Å². The second kappa shape index (κ2) is 5.75. The Balaban J connectivity index is 2.28. The van der Waals surface area contributed by atoms with Gasteiger partial charge >= 0.3 is 0 Å². The van der Waals surface area contributed by atoms with Crippen LogP contribution in [0.1, 0.15) is 27.0 Å². The van der Waals surface area contributed by atoms with Gasteiger partial charge in [0.1, 0.15) is 0 Å². The molecule has 0 aliphatic carbocycles. The minimum atomic E-state index is -0.481. The van der Waals surface area contributed by atoms with Crippen molar-refractivity contribution < 1.29 is 9.72 Å². The molecule has 21 heavy (non-hydrogen) atoms. The van der Waals surface area contributed by atoms with Crippen LogP contribution in [0.2, 0.25) is 0 Å². The number of nitro benzene ring substituents is 1. The molecule has 0 saturated heterocycles. The van der Waals surface area contributed by atoms with E-state index in [2.05, 4.69) is 5.32 Å². The number of anilines is 1. The summed E-state index contributed by atoms with van der Waals surface area (Å²) >= 11 is 0. The predicted octanol–water partition coefficient (Wildman–Crippen LogP) is 3.77. The maximum Gasteiger partial charge on any atom is 0.271 e. The second-order valence-corrected chi connectivity index (χ2v) is 5.01. The van der Waals surface area contributed by atoms with Crippen molar-refractivity contribution in [3.05, 3.63) is 68.8 Å². The Morgan fingerprint density at radius 1 is 1.00 bits per heavy atom. The third-order valence-electron chi connectivity index (χ3n) is 3.45. The Kier molecular flexibility index (Phi) is 4.03. The lowest BCUT2D eigenvalue weighted by molar-refractivity contribution is -0.384. The first-order chi connectivity index (χ1) is 9.88. The van der Waals surface area contributed by atoms with E-state index in [9.17, 15) is 14.9 Å². The van der Waals surface area contributed by atoms with Crippen molar-refractivity contribution in [2.75, 3.05) is 5.32 Å². The van der Waals surface area contributed by atoms with Gasteiger partial charge in [0.2, 0.25) is 0 Å². The molecule has 108 valence electrons. The van der Waals surface area contributed by atoms with E-state index in [1.807, 2.05) is 19.9 Å². The first kappa shape index (κ1) is 14.7. The largest absolute Gasteiger partial charge is 0.321 e. The number of nitrogens with one attached hydrogen (secondary N) is 1. The van der Waals surface area contributed by atoms with Gasteiger partial charge in [0, 0.05) is 17.7 Å². The van der Waals surface area contributed by atoms with Crippen LogP contribution < -0.4 is 5.32 Å². The van der Waals surface area contributed by atoms with Crippen molar-refractivity contribution >= 4 is 17.3 Å². The van der Waals surface area contributed by atoms with Crippen LogP contribution in [0.4, 0.5) is 11.4 Å². The van der Waals surface area contributed by atoms with Crippen molar-refractivity contribution in [1.29, 1.82) is 0 Å². The number of amides is 1. The smallest absolute Gasteiger partial charge is 0.271 e. The van der Waals surface area contributed by atoms with Crippen LogP contribution in [-0.2, 0) is 0 Å². The second-order valence-electron chi connectivity index (χ2n) is 5.01. The van der Waals surface area contributed by atoms with Gasteiger partial charge < -0.3 is 5.32 Å². The fraction of sp³-hybridized carbons (Fsp3) is 0.188. The summed E-state index contributed by atoms with van der Waals surface area (Å²) in [5.41, 5.74) is 3.85. The summed E-state index contributed by atoms with van der Waals surface area (Å²) in [6.45, 7) is 5.70. The lowest BCUT2D eigenvalue weighted by Crippen LogP contribution is -2.13. The molecule has 1 amide bonds. The Hall–Kier alpha value is -2.69. The lowest BCUT2D eigenvalue weighted by Gasteiger charge is -2.09. The SMILES string of the molecule is Cc1ccc(C(=O)Nc2cc([N+](=O)[O-])ccc2C)cc1C. The number of aryl methyl sites for hydroxylation is 3. The van der Waals surface area contributed by atoms with Gasteiger partial charge in [-0.2, -0.15) is 0 Å². The lowest BCUT2D eigenvalue weighted by atomic mass is 10.1. The van der Waals surface area contributed by atoms with E-state index in [-0.39, 0.29) is 11.6 Å². The van der Waals surface area contributed by atoms with E-state index in [0.717, 1.165) is 16.7 Å². The summed E-state index contributed by atoms with van der Waals surface area (Å²) in [5.74, 6) is -0.276. The fourth-order valence-electron chi connectivity index (χ4n) is 1.94. The van der Waals surface area contributed by atoms with Crippen molar-refractivity contribution in [2.45, 2.75) is 20.8 Å². The Labute approximate surface area is 122 Å². The summed E-state index contributed by atoms with van der Waals surface area (Å²) in [4.78, 5) is 22.5. The molecular formula is C16H16N2O3. The van der Waals surface area contributed by atoms with E-state index < -0.39 is 4.92 Å². The maximum atomic E-state index is 12.2. The zero-order chi connectivity index (χ0) is 15.6. The van der Waals surface area contributed by atoms with Gasteiger partial charge in [-0.15, -0.1) is 0 Å². The van der Waals surface area contributed by atoms with Crippen LogP contribution >= 0.6 is 0 Å². The standard InChI is InChI=1S/C16H16N2O3/c1-10-4-6-13(8-12(10)3)16(19)17-15-9-14(18(20)21)7-5-11(15)2/h4-9H,1-3H3,(H,17,19). The predicted molar refractivity (Wildman–Crippen MR) is 81.7 cm³/mol. The summed E-state index contributed by atoms with van der Waals surface area (Å²) in [6, 6.07) is 9.83. The average Bonchev–Trinajstić information content (AvgIpc) is 2.43. The Morgan fingerprint density at radius 2 is 1.67 bits per heavy atom. The first-order valence-corrected chi connectivity index (χ1v) is 6.52. The third kappa shape index (κ3) is 3.25. The molecule has 0 unspecified atom stereocenters. The van der Waals surface area contributed by atoms with E-state index in [4.69, 9.17) is 0 Å². The number of non-ortho nitro benzene ring substituents is 1. The molecular weight excluding hydrogens is 268 g/mol. The minimum Gasteiger partial charge on any atom is -0.321 e. The molecule has 0 fully saturated rings. The Morgan fingerprint density at radius 3 is 2.29 bits per heavy atom. The zero-order valence-electron chi connectivity index (χ0n) is 12.1. The van der Waals surface area contributed by atoms with Crippen molar-refractivity contribution in [1.82, 2.24) is 0 Å². The van der Waals surface area contributed by atoms with Crippen LogP contribution in [0.15, 0.2) is 36.4 Å². The number of nitrogens with zero attached hydrogens (tertiary/aromatic N) is 1. The highest BCUT2D eigenvalue weighted by Crippen LogP contribution is 2.22. The number of hydrogen-bond donors (Lipinski definition) is 1. The molecule has 0 heterocycles. The van der Waals surface area contributed by atoms with Crippen molar-refractivity contribution in [3.63, 3.8) is 0 Å². The highest BCUT2D eigenvalue weighted by molar-refractivity contribution is 6.05. The van der Waals surface area contributed by atoms with Gasteiger partial charge in [-0.3, -0.25) is 14.9 Å². The van der Waals surface area contributed by atoms with E-state index in [1.54, 1.807) is 25.1 Å². The number of benzene rings is 2. The molecule has 0 saturated carbocycles. The Bertz CT molecular complexity index is 723. The minimum absolute atomic E-state index is 0.0454. The molecule has 0 aliphatic rings. The van der Waals surface area contributed by atoms with Crippen LogP contribution in [0.3, 0.4) is 0 Å².